The highest BCUT2D eigenvalue weighted by Crippen LogP contribution is 2.26. The quantitative estimate of drug-likeness (QED) is 0.0183. The Morgan fingerprint density at radius 2 is 0.912 bits per heavy atom. The molecule has 0 amide bonds. The van der Waals surface area contributed by atoms with Crippen molar-refractivity contribution in [1.29, 1.82) is 0 Å². The Kier molecular flexibility index (Phi) is 36.0. The Morgan fingerprint density at radius 3 is 1.46 bits per heavy atom. The van der Waals surface area contributed by atoms with Crippen molar-refractivity contribution in [1.82, 2.24) is 0 Å². The monoisotopic (exact) mass is 967 g/mol. The summed E-state index contributed by atoms with van der Waals surface area (Å²) in [6.07, 6.45) is 28.2. The van der Waals surface area contributed by atoms with Crippen LogP contribution in [-0.2, 0) is 38.0 Å². The minimum atomic E-state index is -1.78. The molecule has 2 aliphatic heterocycles. The molecule has 392 valence electrons. The van der Waals surface area contributed by atoms with Crippen molar-refractivity contribution < 1.29 is 73.8 Å². The number of carbonyl (C=O) groups is 2. The van der Waals surface area contributed by atoms with Gasteiger partial charge in [-0.15, -0.1) is 0 Å². The molecule has 7 N–H and O–H groups in total. The molecule has 0 bridgehead atoms. The molecule has 2 saturated heterocycles. The number of rotatable bonds is 39. The second-order valence-corrected chi connectivity index (χ2v) is 18.0. The molecular formula is C53H90O15. The maximum absolute atomic E-state index is 13.0. The molecule has 11 atom stereocenters. The van der Waals surface area contributed by atoms with Crippen LogP contribution in [0.4, 0.5) is 0 Å². The highest BCUT2D eigenvalue weighted by atomic mass is 16.7. The lowest BCUT2D eigenvalue weighted by Gasteiger charge is -2.42. The van der Waals surface area contributed by atoms with Crippen molar-refractivity contribution in [3.05, 3.63) is 60.8 Å². The van der Waals surface area contributed by atoms with Crippen molar-refractivity contribution in [2.75, 3.05) is 26.4 Å². The number of allylic oxidation sites excluding steroid dienone is 10. The number of esters is 2. The van der Waals surface area contributed by atoms with Crippen LogP contribution in [0.2, 0.25) is 0 Å². The van der Waals surface area contributed by atoms with Crippen molar-refractivity contribution >= 4 is 11.9 Å². The second-order valence-electron chi connectivity index (χ2n) is 18.0. The van der Waals surface area contributed by atoms with E-state index >= 15 is 0 Å². The normalized spacial score (nSPS) is 26.2. The van der Waals surface area contributed by atoms with Gasteiger partial charge in [-0.05, 0) is 77.0 Å². The SMILES string of the molecule is CCC/C=C/C/C=C/C/C=C/C/C=C/CCCCCC(=O)O[C@H](COC(=O)CCCCC/C=C/CCCCCCCCCC)CO[C@H]1O[C@@H](CO[C@H]2O[C@@H](CO)[C@@H](O)C(O)C2O)[C@@H](O)C(O)C1O. The Labute approximate surface area is 407 Å². The predicted molar refractivity (Wildman–Crippen MR) is 261 cm³/mol. The molecule has 0 spiro atoms. The number of aliphatic hydroxyl groups excluding tert-OH is 7. The van der Waals surface area contributed by atoms with Gasteiger partial charge in [0.05, 0.1) is 19.8 Å². The number of carbonyl (C=O) groups excluding carboxylic acids is 2. The third kappa shape index (κ3) is 27.6. The van der Waals surface area contributed by atoms with E-state index in [1.165, 1.54) is 57.8 Å². The first-order valence-corrected chi connectivity index (χ1v) is 25.9. The van der Waals surface area contributed by atoms with E-state index < -0.39 is 99.3 Å². The van der Waals surface area contributed by atoms with Gasteiger partial charge in [0.25, 0.3) is 0 Å². The van der Waals surface area contributed by atoms with Crippen LogP contribution >= 0.6 is 0 Å². The van der Waals surface area contributed by atoms with Gasteiger partial charge in [-0.25, -0.2) is 0 Å². The number of aliphatic hydroxyl groups is 7. The van der Waals surface area contributed by atoms with E-state index in [2.05, 4.69) is 74.6 Å². The van der Waals surface area contributed by atoms with Crippen LogP contribution < -0.4 is 0 Å². The summed E-state index contributed by atoms with van der Waals surface area (Å²) in [5.74, 6) is -0.983. The number of hydrogen-bond acceptors (Lipinski definition) is 15. The lowest BCUT2D eigenvalue weighted by atomic mass is 9.98. The highest BCUT2D eigenvalue weighted by molar-refractivity contribution is 5.70. The van der Waals surface area contributed by atoms with Gasteiger partial charge in [0, 0.05) is 12.8 Å². The fourth-order valence-corrected chi connectivity index (χ4v) is 7.67. The summed E-state index contributed by atoms with van der Waals surface area (Å²) < 4.78 is 33.5. The van der Waals surface area contributed by atoms with Crippen LogP contribution in [0.3, 0.4) is 0 Å². The summed E-state index contributed by atoms with van der Waals surface area (Å²) in [4.78, 5) is 25.7. The third-order valence-corrected chi connectivity index (χ3v) is 11.9. The first-order chi connectivity index (χ1) is 33.0. The fourth-order valence-electron chi connectivity index (χ4n) is 7.67. The lowest BCUT2D eigenvalue weighted by molar-refractivity contribution is -0.332. The summed E-state index contributed by atoms with van der Waals surface area (Å²) in [5.41, 5.74) is 0. The van der Waals surface area contributed by atoms with Crippen molar-refractivity contribution in [3.8, 4) is 0 Å². The molecule has 0 aromatic heterocycles. The maximum atomic E-state index is 13.0. The van der Waals surface area contributed by atoms with Crippen LogP contribution in [0.25, 0.3) is 0 Å². The van der Waals surface area contributed by atoms with Crippen LogP contribution in [0.1, 0.15) is 168 Å². The molecular weight excluding hydrogens is 877 g/mol. The van der Waals surface area contributed by atoms with E-state index in [9.17, 15) is 45.3 Å². The molecule has 0 radical (unpaired) electrons. The van der Waals surface area contributed by atoms with Crippen LogP contribution in [-0.4, -0.2) is 142 Å². The number of ether oxygens (including phenoxy) is 6. The number of unbranched alkanes of at least 4 members (excludes halogenated alkanes) is 15. The van der Waals surface area contributed by atoms with E-state index in [0.29, 0.717) is 12.8 Å². The Balaban J connectivity index is 1.84. The summed E-state index contributed by atoms with van der Waals surface area (Å²) >= 11 is 0. The zero-order valence-electron chi connectivity index (χ0n) is 41.3. The van der Waals surface area contributed by atoms with Gasteiger partial charge >= 0.3 is 11.9 Å². The molecule has 4 unspecified atom stereocenters. The minimum absolute atomic E-state index is 0.122. The topological polar surface area (TPSA) is 231 Å². The predicted octanol–water partition coefficient (Wildman–Crippen LogP) is 7.27. The van der Waals surface area contributed by atoms with Gasteiger partial charge in [0.1, 0.15) is 55.4 Å². The molecule has 0 aromatic carbocycles. The molecule has 15 heteroatoms. The molecule has 0 saturated carbocycles. The smallest absolute Gasteiger partial charge is 0.306 e. The molecule has 2 heterocycles. The largest absolute Gasteiger partial charge is 0.462 e. The second kappa shape index (κ2) is 39.9. The first kappa shape index (κ1) is 61.3. The zero-order chi connectivity index (χ0) is 49.6. The molecule has 2 rings (SSSR count). The van der Waals surface area contributed by atoms with E-state index in [-0.39, 0.29) is 19.4 Å². The zero-order valence-corrected chi connectivity index (χ0v) is 41.3. The molecule has 68 heavy (non-hydrogen) atoms. The summed E-state index contributed by atoms with van der Waals surface area (Å²) in [6, 6.07) is 0. The standard InChI is InChI=1S/C53H90O15/c1-3-5-7-9-11-13-15-17-19-20-22-24-26-28-30-32-34-36-45(56)66-41(38-63-44(55)35-33-31-29-27-25-23-21-18-16-14-12-10-8-6-4-2)39-64-52-51(62)49(60)47(58)43(68-52)40-65-53-50(61)48(59)46(57)42(37-54)67-53/h7,9,13,15,19-20,23-26,41-43,46-54,57-62H,3-6,8,10-12,14,16-18,21-22,27-40H2,1-2H3/b9-7+,15-13+,20-19+,25-23+,26-24+/t41-,42+,43+,46-,47-,48?,49?,50?,51?,52+,53+/m1/s1. The van der Waals surface area contributed by atoms with Gasteiger partial charge in [0.15, 0.2) is 18.7 Å². The minimum Gasteiger partial charge on any atom is -0.462 e. The molecule has 0 aromatic rings. The fraction of sp³-hybridized carbons (Fsp3) is 0.774. The average Bonchev–Trinajstić information content (AvgIpc) is 3.33. The lowest BCUT2D eigenvalue weighted by Crippen LogP contribution is -2.61. The summed E-state index contributed by atoms with van der Waals surface area (Å²) in [7, 11) is 0. The van der Waals surface area contributed by atoms with Crippen molar-refractivity contribution in [3.63, 3.8) is 0 Å². The van der Waals surface area contributed by atoms with Crippen LogP contribution in [0.5, 0.6) is 0 Å². The summed E-state index contributed by atoms with van der Waals surface area (Å²) in [5, 5.41) is 72.1. The molecule has 2 aliphatic rings. The van der Waals surface area contributed by atoms with Crippen molar-refractivity contribution in [2.45, 2.75) is 235 Å². The maximum Gasteiger partial charge on any atom is 0.306 e. The highest BCUT2D eigenvalue weighted by Gasteiger charge is 2.47. The van der Waals surface area contributed by atoms with Gasteiger partial charge in [-0.1, -0.05) is 139 Å². The van der Waals surface area contributed by atoms with Gasteiger partial charge in [-0.3, -0.25) is 9.59 Å². The summed E-state index contributed by atoms with van der Waals surface area (Å²) in [6.45, 7) is 2.46. The molecule has 2 fully saturated rings. The van der Waals surface area contributed by atoms with Gasteiger partial charge < -0.3 is 64.2 Å². The van der Waals surface area contributed by atoms with E-state index in [0.717, 1.165) is 70.6 Å². The first-order valence-electron chi connectivity index (χ1n) is 25.9. The van der Waals surface area contributed by atoms with Crippen molar-refractivity contribution in [2.24, 2.45) is 0 Å². The molecule has 15 nitrogen and oxygen atoms in total. The molecule has 0 aliphatic carbocycles. The van der Waals surface area contributed by atoms with Crippen LogP contribution in [0, 0.1) is 0 Å². The Morgan fingerprint density at radius 1 is 0.471 bits per heavy atom. The number of hydrogen-bond donors (Lipinski definition) is 7. The van der Waals surface area contributed by atoms with E-state index in [1.807, 2.05) is 0 Å². The van der Waals surface area contributed by atoms with E-state index in [4.69, 9.17) is 28.4 Å². The average molecular weight is 967 g/mol. The third-order valence-electron chi connectivity index (χ3n) is 11.9. The Bertz CT molecular complexity index is 1420. The van der Waals surface area contributed by atoms with Gasteiger partial charge in [-0.2, -0.15) is 0 Å². The van der Waals surface area contributed by atoms with Crippen LogP contribution in [0.15, 0.2) is 60.8 Å². The Hall–Kier alpha value is -2.80. The van der Waals surface area contributed by atoms with Gasteiger partial charge in [0.2, 0.25) is 0 Å². The van der Waals surface area contributed by atoms with E-state index in [1.54, 1.807) is 0 Å².